The first kappa shape index (κ1) is 7.03. The molecule has 0 saturated carbocycles. The van der Waals surface area contributed by atoms with E-state index >= 15 is 0 Å². The predicted octanol–water partition coefficient (Wildman–Crippen LogP) is 0.192. The minimum Gasteiger partial charge on any atom is -0.489 e. The lowest BCUT2D eigenvalue weighted by molar-refractivity contribution is 0.290. The van der Waals surface area contributed by atoms with Crippen LogP contribution in [0.1, 0.15) is 5.56 Å². The summed E-state index contributed by atoms with van der Waals surface area (Å²) >= 11 is 0. The van der Waals surface area contributed by atoms with Gasteiger partial charge in [-0.1, -0.05) is 0 Å². The monoisotopic (exact) mass is 175 g/mol. The summed E-state index contributed by atoms with van der Waals surface area (Å²) in [7, 11) is 0. The predicted molar refractivity (Wildman–Crippen MR) is 48.1 cm³/mol. The lowest BCUT2D eigenvalue weighted by Crippen LogP contribution is -2.39. The highest BCUT2D eigenvalue weighted by molar-refractivity contribution is 6.08. The van der Waals surface area contributed by atoms with Gasteiger partial charge in [-0.25, -0.2) is 0 Å². The van der Waals surface area contributed by atoms with E-state index < -0.39 is 0 Å². The van der Waals surface area contributed by atoms with Crippen molar-refractivity contribution in [1.29, 1.82) is 0 Å². The van der Waals surface area contributed by atoms with E-state index in [1.807, 2.05) is 6.07 Å². The maximum atomic E-state index is 5.53. The van der Waals surface area contributed by atoms with Gasteiger partial charge in [0, 0.05) is 11.8 Å². The Balaban J connectivity index is 2.15. The number of nitrogens with one attached hydrogen (secondary N) is 1. The van der Waals surface area contributed by atoms with Gasteiger partial charge in [0.25, 0.3) is 0 Å². The van der Waals surface area contributed by atoms with Crippen LogP contribution in [0.15, 0.2) is 23.5 Å². The van der Waals surface area contributed by atoms with Gasteiger partial charge in [0.2, 0.25) is 0 Å². The SMILES string of the molecule is c1cc2c(cn1)OCC1NCN=C21. The zero-order valence-corrected chi connectivity index (χ0v) is 7.03. The summed E-state index contributed by atoms with van der Waals surface area (Å²) in [4.78, 5) is 8.41. The van der Waals surface area contributed by atoms with Crippen molar-refractivity contribution in [3.63, 3.8) is 0 Å². The molecule has 0 bridgehead atoms. The fourth-order valence-electron chi connectivity index (χ4n) is 1.74. The molecule has 66 valence electrons. The highest BCUT2D eigenvalue weighted by Crippen LogP contribution is 2.25. The van der Waals surface area contributed by atoms with Gasteiger partial charge < -0.3 is 4.74 Å². The molecule has 1 unspecified atom stereocenters. The molecule has 1 aromatic heterocycles. The number of pyridine rings is 1. The van der Waals surface area contributed by atoms with Gasteiger partial charge in [-0.2, -0.15) is 0 Å². The van der Waals surface area contributed by atoms with Crippen LogP contribution in [0.2, 0.25) is 0 Å². The van der Waals surface area contributed by atoms with E-state index in [-0.39, 0.29) is 6.04 Å². The molecule has 2 aliphatic heterocycles. The molecule has 3 heterocycles. The highest BCUT2D eigenvalue weighted by atomic mass is 16.5. The molecule has 0 aliphatic carbocycles. The fraction of sp³-hybridized carbons (Fsp3) is 0.333. The van der Waals surface area contributed by atoms with E-state index in [9.17, 15) is 0 Å². The van der Waals surface area contributed by atoms with Crippen molar-refractivity contribution < 1.29 is 4.74 Å². The summed E-state index contributed by atoms with van der Waals surface area (Å²) in [5, 5.41) is 3.25. The Labute approximate surface area is 75.7 Å². The van der Waals surface area contributed by atoms with Gasteiger partial charge in [0.1, 0.15) is 12.4 Å². The topological polar surface area (TPSA) is 46.5 Å². The normalized spacial score (nSPS) is 24.3. The number of hydrogen-bond donors (Lipinski definition) is 1. The van der Waals surface area contributed by atoms with E-state index in [2.05, 4.69) is 15.3 Å². The van der Waals surface area contributed by atoms with Crippen molar-refractivity contribution in [1.82, 2.24) is 10.3 Å². The van der Waals surface area contributed by atoms with E-state index in [4.69, 9.17) is 4.74 Å². The van der Waals surface area contributed by atoms with Crippen molar-refractivity contribution in [2.45, 2.75) is 6.04 Å². The smallest absolute Gasteiger partial charge is 0.146 e. The van der Waals surface area contributed by atoms with E-state index in [0.717, 1.165) is 17.0 Å². The van der Waals surface area contributed by atoms with Crippen LogP contribution in [0.3, 0.4) is 0 Å². The zero-order chi connectivity index (χ0) is 8.67. The standard InChI is InChI=1S/C9H9N3O/c1-2-10-3-8-6(1)9-7(4-13-8)11-5-12-9/h1-3,7,11H,4-5H2. The molecular weight excluding hydrogens is 166 g/mol. The van der Waals surface area contributed by atoms with Crippen molar-refractivity contribution in [2.75, 3.05) is 13.3 Å². The molecule has 3 rings (SSSR count). The first-order valence-corrected chi connectivity index (χ1v) is 4.30. The summed E-state index contributed by atoms with van der Waals surface area (Å²) in [5.41, 5.74) is 2.19. The van der Waals surface area contributed by atoms with Gasteiger partial charge >= 0.3 is 0 Å². The Morgan fingerprint density at radius 1 is 1.54 bits per heavy atom. The largest absolute Gasteiger partial charge is 0.489 e. The number of nitrogens with zero attached hydrogens (tertiary/aromatic N) is 2. The van der Waals surface area contributed by atoms with Gasteiger partial charge in [-0.3, -0.25) is 15.3 Å². The molecule has 0 amide bonds. The van der Waals surface area contributed by atoms with Gasteiger partial charge in [-0.15, -0.1) is 0 Å². The molecular formula is C9H9N3O. The summed E-state index contributed by atoms with van der Waals surface area (Å²) in [6, 6.07) is 2.22. The Kier molecular flexibility index (Phi) is 1.37. The lowest BCUT2D eigenvalue weighted by atomic mass is 10.0. The molecule has 1 N–H and O–H groups in total. The summed E-state index contributed by atoms with van der Waals surface area (Å²) in [5.74, 6) is 0.848. The van der Waals surface area contributed by atoms with Crippen LogP contribution in [0.5, 0.6) is 5.75 Å². The van der Waals surface area contributed by atoms with Gasteiger partial charge in [-0.05, 0) is 6.07 Å². The lowest BCUT2D eigenvalue weighted by Gasteiger charge is -2.22. The van der Waals surface area contributed by atoms with Crippen LogP contribution in [0.25, 0.3) is 0 Å². The molecule has 13 heavy (non-hydrogen) atoms. The number of fused-ring (bicyclic) bond motifs is 3. The third-order valence-corrected chi connectivity index (χ3v) is 2.38. The Morgan fingerprint density at radius 2 is 2.54 bits per heavy atom. The Hall–Kier alpha value is -1.42. The number of ether oxygens (including phenoxy) is 1. The molecule has 4 heteroatoms. The van der Waals surface area contributed by atoms with Crippen molar-refractivity contribution >= 4 is 5.71 Å². The molecule has 1 atom stereocenters. The van der Waals surface area contributed by atoms with Gasteiger partial charge in [0.15, 0.2) is 0 Å². The van der Waals surface area contributed by atoms with Crippen LogP contribution in [0, 0.1) is 0 Å². The zero-order valence-electron chi connectivity index (χ0n) is 7.03. The summed E-state index contributed by atoms with van der Waals surface area (Å²) < 4.78 is 5.53. The molecule has 0 radical (unpaired) electrons. The molecule has 0 spiro atoms. The number of aromatic nitrogens is 1. The molecule has 0 fully saturated rings. The van der Waals surface area contributed by atoms with Crippen LogP contribution in [-0.4, -0.2) is 30.0 Å². The molecule has 4 nitrogen and oxygen atoms in total. The van der Waals surface area contributed by atoms with Crippen LogP contribution < -0.4 is 10.1 Å². The number of rotatable bonds is 0. The fourth-order valence-corrected chi connectivity index (χ4v) is 1.74. The second-order valence-electron chi connectivity index (χ2n) is 3.14. The first-order valence-electron chi connectivity index (χ1n) is 4.30. The number of aliphatic imine (C=N–C) groups is 1. The molecule has 0 aromatic carbocycles. The van der Waals surface area contributed by atoms with Crippen molar-refractivity contribution in [3.8, 4) is 5.75 Å². The van der Waals surface area contributed by atoms with Crippen molar-refractivity contribution in [3.05, 3.63) is 24.0 Å². The average Bonchev–Trinajstić information content (AvgIpc) is 2.65. The average molecular weight is 175 g/mol. The molecule has 1 aromatic rings. The van der Waals surface area contributed by atoms with E-state index in [0.29, 0.717) is 13.3 Å². The quantitative estimate of drug-likeness (QED) is 0.612. The maximum Gasteiger partial charge on any atom is 0.146 e. The number of hydrogen-bond acceptors (Lipinski definition) is 4. The Bertz CT molecular complexity index is 375. The maximum absolute atomic E-state index is 5.53. The van der Waals surface area contributed by atoms with E-state index in [1.165, 1.54) is 0 Å². The van der Waals surface area contributed by atoms with Crippen LogP contribution in [-0.2, 0) is 0 Å². The molecule has 2 aliphatic rings. The summed E-state index contributed by atoms with van der Waals surface area (Å²) in [6.45, 7) is 1.36. The summed E-state index contributed by atoms with van der Waals surface area (Å²) in [6.07, 6.45) is 3.51. The minimum atomic E-state index is 0.273. The van der Waals surface area contributed by atoms with E-state index in [1.54, 1.807) is 12.4 Å². The second-order valence-corrected chi connectivity index (χ2v) is 3.14. The minimum absolute atomic E-state index is 0.273. The second kappa shape index (κ2) is 2.53. The van der Waals surface area contributed by atoms with Crippen molar-refractivity contribution in [2.24, 2.45) is 4.99 Å². The Morgan fingerprint density at radius 3 is 3.54 bits per heavy atom. The highest BCUT2D eigenvalue weighted by Gasteiger charge is 2.29. The first-order chi connectivity index (χ1) is 6.45. The third kappa shape index (κ3) is 0.954. The third-order valence-electron chi connectivity index (χ3n) is 2.38. The molecule has 0 saturated heterocycles. The van der Waals surface area contributed by atoms with Crippen LogP contribution >= 0.6 is 0 Å². The van der Waals surface area contributed by atoms with Crippen LogP contribution in [0.4, 0.5) is 0 Å². The van der Waals surface area contributed by atoms with Gasteiger partial charge in [0.05, 0.1) is 24.6 Å².